The lowest BCUT2D eigenvalue weighted by atomic mass is 10.1. The minimum Gasteiger partial charge on any atom is -0.375 e. The summed E-state index contributed by atoms with van der Waals surface area (Å²) in [5.74, 6) is -2.02. The molecule has 0 aliphatic heterocycles. The average Bonchev–Trinajstić information content (AvgIpc) is 3.84. The number of aliphatic hydroxyl groups excluding tert-OH is 1. The Morgan fingerprint density at radius 3 is 1.31 bits per heavy atom. The maximum absolute atomic E-state index is 11.3. The van der Waals surface area contributed by atoms with Crippen LogP contribution in [-0.4, -0.2) is 57.3 Å². The molecule has 2 aromatic carbocycles. The van der Waals surface area contributed by atoms with Crippen LogP contribution in [0.4, 0.5) is 33.0 Å². The number of carbonyl (C=O) groups excluding carboxylic acids is 1. The molecule has 18 heteroatoms. The number of anilines is 2. The van der Waals surface area contributed by atoms with Crippen LogP contribution in [0.1, 0.15) is 151 Å². The highest BCUT2D eigenvalue weighted by atomic mass is 35.5. The van der Waals surface area contributed by atoms with Crippen molar-refractivity contribution < 1.29 is 24.3 Å². The second kappa shape index (κ2) is 30.1. The molecule has 13 nitrogen and oxygen atoms in total. The number of hydrogen-bond acceptors (Lipinski definition) is 13. The lowest BCUT2D eigenvalue weighted by Gasteiger charge is -2.25. The third kappa shape index (κ3) is 19.7. The summed E-state index contributed by atoms with van der Waals surface area (Å²) in [5, 5.41) is 26.7. The minimum absolute atomic E-state index is 0.111. The normalized spacial score (nSPS) is 12.2. The van der Waals surface area contributed by atoms with E-state index in [2.05, 4.69) is 80.1 Å². The summed E-state index contributed by atoms with van der Waals surface area (Å²) in [4.78, 5) is 42.2. The van der Waals surface area contributed by atoms with Crippen LogP contribution in [0, 0.1) is 0 Å². The standard InChI is InChI=1S/C22H34ClN4O4PS.C22H31ClN4OS/c1-3-5-7-9-15-27(16-10-8-6-4-2)18-13-11-17(12-14-18)25-26-22-24-20(23)19(33-22)21(28)32(29,30)31;1-3-5-7-9-15-27(16-10-8-6-4-2)19-13-11-18(12-14-19)25-26-22-24-21(23)20(17-28)29-22/h11-14,21,28H,3-10,15-16H2,1-2H3,(H2,29,30,31);11-14,17H,3-10,15-16H2,1-2H3. The van der Waals surface area contributed by atoms with Crippen LogP contribution in [0.3, 0.4) is 0 Å². The van der Waals surface area contributed by atoms with Crippen LogP contribution in [0.5, 0.6) is 0 Å². The lowest BCUT2D eigenvalue weighted by molar-refractivity contribution is 0.112. The smallest absolute Gasteiger partial charge is 0.359 e. The van der Waals surface area contributed by atoms with Crippen molar-refractivity contribution in [3.05, 3.63) is 68.6 Å². The monoisotopic (exact) mass is 950 g/mol. The first-order valence-corrected chi connectivity index (χ1v) is 26.0. The lowest BCUT2D eigenvalue weighted by Crippen LogP contribution is -2.25. The van der Waals surface area contributed by atoms with Crippen molar-refractivity contribution >= 4 is 92.8 Å². The van der Waals surface area contributed by atoms with E-state index in [1.165, 1.54) is 108 Å². The van der Waals surface area contributed by atoms with Crippen LogP contribution >= 0.6 is 53.5 Å². The van der Waals surface area contributed by atoms with Gasteiger partial charge in [-0.1, -0.05) is 151 Å². The number of hydrogen-bond donors (Lipinski definition) is 3. The molecule has 1 atom stereocenters. The Balaban J connectivity index is 0.000000333. The highest BCUT2D eigenvalue weighted by Crippen LogP contribution is 2.53. The predicted octanol–water partition coefficient (Wildman–Crippen LogP) is 15.3. The van der Waals surface area contributed by atoms with Gasteiger partial charge in [0, 0.05) is 37.6 Å². The van der Waals surface area contributed by atoms with Crippen LogP contribution in [0.2, 0.25) is 10.3 Å². The Labute approximate surface area is 386 Å². The zero-order valence-corrected chi connectivity index (χ0v) is 40.7. The first-order chi connectivity index (χ1) is 29.9. The van der Waals surface area contributed by atoms with Crippen molar-refractivity contribution in [3.63, 3.8) is 0 Å². The molecule has 2 heterocycles. The van der Waals surface area contributed by atoms with Crippen molar-refractivity contribution in [2.24, 2.45) is 20.5 Å². The van der Waals surface area contributed by atoms with E-state index in [1.54, 1.807) is 0 Å². The Morgan fingerprint density at radius 1 is 0.597 bits per heavy atom. The van der Waals surface area contributed by atoms with Gasteiger partial charge in [-0.3, -0.25) is 9.36 Å². The van der Waals surface area contributed by atoms with Gasteiger partial charge in [0.25, 0.3) is 0 Å². The molecule has 0 saturated heterocycles. The van der Waals surface area contributed by atoms with Gasteiger partial charge in [0.1, 0.15) is 10.0 Å². The number of unbranched alkanes of at least 4 members (excludes halogenated alkanes) is 12. The van der Waals surface area contributed by atoms with Crippen molar-refractivity contribution in [2.75, 3.05) is 36.0 Å². The topological polar surface area (TPSA) is 177 Å². The Hall–Kier alpha value is -3.14. The van der Waals surface area contributed by atoms with E-state index in [0.29, 0.717) is 22.0 Å². The molecular formula is C44H65Cl2N8O5PS2. The summed E-state index contributed by atoms with van der Waals surface area (Å²) >= 11 is 13.7. The summed E-state index contributed by atoms with van der Waals surface area (Å²) in [5.41, 5.74) is 3.77. The van der Waals surface area contributed by atoms with E-state index >= 15 is 0 Å². The molecule has 3 N–H and O–H groups in total. The Morgan fingerprint density at radius 2 is 0.968 bits per heavy atom. The number of benzene rings is 2. The molecule has 0 fully saturated rings. The molecule has 0 amide bonds. The number of aromatic nitrogens is 2. The van der Waals surface area contributed by atoms with Gasteiger partial charge in [-0.2, -0.15) is 0 Å². The van der Waals surface area contributed by atoms with Crippen molar-refractivity contribution in [1.29, 1.82) is 0 Å². The minimum atomic E-state index is -4.74. The van der Waals surface area contributed by atoms with Crippen LogP contribution < -0.4 is 9.80 Å². The fourth-order valence-corrected chi connectivity index (χ4v) is 9.35. The van der Waals surface area contributed by atoms with Crippen molar-refractivity contribution in [3.8, 4) is 0 Å². The molecule has 0 bridgehead atoms. The van der Waals surface area contributed by atoms with Crippen LogP contribution in [0.15, 0.2) is 69.0 Å². The summed E-state index contributed by atoms with van der Waals surface area (Å²) in [7, 11) is -4.74. The fourth-order valence-electron chi connectivity index (χ4n) is 6.39. The maximum atomic E-state index is 11.3. The van der Waals surface area contributed by atoms with Gasteiger partial charge in [-0.15, -0.1) is 20.5 Å². The predicted molar refractivity (Wildman–Crippen MR) is 259 cm³/mol. The largest absolute Gasteiger partial charge is 0.375 e. The number of azo groups is 2. The van der Waals surface area contributed by atoms with Crippen LogP contribution in [-0.2, 0) is 4.57 Å². The summed E-state index contributed by atoms with van der Waals surface area (Å²) in [6, 6.07) is 16.0. The Bertz CT molecular complexity index is 1940. The number of aliphatic hydroxyl groups is 1. The van der Waals surface area contributed by atoms with E-state index in [4.69, 9.17) is 33.0 Å². The van der Waals surface area contributed by atoms with E-state index in [0.717, 1.165) is 60.2 Å². The molecule has 1 unspecified atom stereocenters. The molecule has 342 valence electrons. The third-order valence-corrected chi connectivity index (χ3v) is 13.6. The van der Waals surface area contributed by atoms with Gasteiger partial charge in [0.2, 0.25) is 10.3 Å². The summed E-state index contributed by atoms with van der Waals surface area (Å²) in [6.45, 7) is 13.2. The maximum Gasteiger partial charge on any atom is 0.359 e. The number of halogens is 2. The third-order valence-electron chi connectivity index (χ3n) is 9.91. The second-order valence-electron chi connectivity index (χ2n) is 15.0. The highest BCUT2D eigenvalue weighted by Gasteiger charge is 2.32. The quantitative estimate of drug-likeness (QED) is 0.0207. The SMILES string of the molecule is CCCCCCN(CCCCCC)c1ccc(N=Nc2nc(Cl)c(C(O)P(=O)(O)O)s2)cc1.CCCCCCN(CCCCCC)c1ccc(N=Nc2nc(Cl)c(C=O)s2)cc1. The highest BCUT2D eigenvalue weighted by molar-refractivity contribution is 7.52. The van der Waals surface area contributed by atoms with Gasteiger partial charge in [0.15, 0.2) is 17.3 Å². The molecule has 0 aliphatic rings. The van der Waals surface area contributed by atoms with Crippen molar-refractivity contribution in [2.45, 2.75) is 136 Å². The molecule has 0 aliphatic carbocycles. The zero-order valence-electron chi connectivity index (χ0n) is 36.7. The molecule has 0 spiro atoms. The molecular weight excluding hydrogens is 887 g/mol. The molecule has 4 rings (SSSR count). The zero-order chi connectivity index (χ0) is 45.2. The Kier molecular flexibility index (Phi) is 25.8. The fraction of sp³-hybridized carbons (Fsp3) is 0.568. The van der Waals surface area contributed by atoms with Crippen molar-refractivity contribution in [1.82, 2.24) is 9.97 Å². The van der Waals surface area contributed by atoms with E-state index in [-0.39, 0.29) is 20.3 Å². The number of thiazole rings is 2. The van der Waals surface area contributed by atoms with Gasteiger partial charge in [-0.25, -0.2) is 9.97 Å². The van der Waals surface area contributed by atoms with Crippen LogP contribution in [0.25, 0.3) is 0 Å². The van der Waals surface area contributed by atoms with E-state index < -0.39 is 13.4 Å². The summed E-state index contributed by atoms with van der Waals surface area (Å²) in [6.07, 6.45) is 20.6. The van der Waals surface area contributed by atoms with Gasteiger partial charge < -0.3 is 24.7 Å². The van der Waals surface area contributed by atoms with E-state index in [1.807, 2.05) is 36.4 Å². The number of rotatable bonds is 29. The molecule has 0 saturated carbocycles. The number of carbonyl (C=O) groups is 1. The van der Waals surface area contributed by atoms with Gasteiger partial charge in [-0.05, 0) is 74.2 Å². The number of aldehydes is 1. The molecule has 4 aromatic rings. The summed E-state index contributed by atoms with van der Waals surface area (Å²) < 4.78 is 11.3. The molecule has 2 aromatic heterocycles. The molecule has 0 radical (unpaired) electrons. The average molecular weight is 952 g/mol. The molecule has 62 heavy (non-hydrogen) atoms. The van der Waals surface area contributed by atoms with Gasteiger partial charge in [0.05, 0.1) is 16.3 Å². The van der Waals surface area contributed by atoms with Gasteiger partial charge >= 0.3 is 7.60 Å². The van der Waals surface area contributed by atoms with E-state index in [9.17, 15) is 14.5 Å². The first-order valence-electron chi connectivity index (χ1n) is 22.0. The first kappa shape index (κ1) is 53.2. The second-order valence-corrected chi connectivity index (χ2v) is 19.4. The number of nitrogens with zero attached hydrogens (tertiary/aromatic N) is 8.